The molecule has 0 unspecified atom stereocenters. The third kappa shape index (κ3) is 4.10. The second kappa shape index (κ2) is 6.38. The molecule has 0 saturated heterocycles. The predicted octanol–water partition coefficient (Wildman–Crippen LogP) is 3.75. The van der Waals surface area contributed by atoms with Crippen LogP contribution in [0.2, 0.25) is 0 Å². The van der Waals surface area contributed by atoms with Crippen LogP contribution in [0.25, 0.3) is 0 Å². The minimum absolute atomic E-state index is 0.0887. The van der Waals surface area contributed by atoms with Gasteiger partial charge >= 0.3 is 0 Å². The highest BCUT2D eigenvalue weighted by molar-refractivity contribution is 6.17. The van der Waals surface area contributed by atoms with Crippen molar-refractivity contribution in [3.8, 4) is 5.88 Å². The number of alkyl halides is 1. The number of anilines is 2. The van der Waals surface area contributed by atoms with E-state index in [1.807, 2.05) is 38.1 Å². The summed E-state index contributed by atoms with van der Waals surface area (Å²) < 4.78 is 5.52. The maximum Gasteiger partial charge on any atom is 0.218 e. The monoisotopic (exact) mass is 277 g/mol. The zero-order valence-electron chi connectivity index (χ0n) is 10.9. The number of aromatic nitrogens is 2. The van der Waals surface area contributed by atoms with Gasteiger partial charge in [0, 0.05) is 17.6 Å². The summed E-state index contributed by atoms with van der Waals surface area (Å²) in [6, 6.07) is 9.64. The lowest BCUT2D eigenvalue weighted by molar-refractivity contribution is 0.232. The van der Waals surface area contributed by atoms with Crippen molar-refractivity contribution in [3.05, 3.63) is 42.2 Å². The summed E-state index contributed by atoms with van der Waals surface area (Å²) in [6.45, 7) is 3.92. The van der Waals surface area contributed by atoms with Crippen LogP contribution < -0.4 is 10.1 Å². The molecule has 0 fully saturated rings. The van der Waals surface area contributed by atoms with Gasteiger partial charge in [-0.1, -0.05) is 12.1 Å². The number of nitrogens with one attached hydrogen (secondary N) is 1. The van der Waals surface area contributed by atoms with Crippen LogP contribution in [0.3, 0.4) is 0 Å². The minimum atomic E-state index is 0.0887. The topological polar surface area (TPSA) is 47.0 Å². The molecule has 100 valence electrons. The first-order valence-corrected chi connectivity index (χ1v) is 6.61. The fraction of sp³-hybridized carbons (Fsp3) is 0.286. The van der Waals surface area contributed by atoms with E-state index in [4.69, 9.17) is 16.3 Å². The van der Waals surface area contributed by atoms with Gasteiger partial charge in [0.1, 0.15) is 12.1 Å². The Morgan fingerprint density at radius 2 is 1.95 bits per heavy atom. The molecular weight excluding hydrogens is 262 g/mol. The van der Waals surface area contributed by atoms with Crippen LogP contribution in [0.1, 0.15) is 19.4 Å². The predicted molar refractivity (Wildman–Crippen MR) is 77.1 cm³/mol. The molecule has 1 heterocycles. The van der Waals surface area contributed by atoms with Crippen LogP contribution >= 0.6 is 11.6 Å². The zero-order valence-corrected chi connectivity index (χ0v) is 11.7. The van der Waals surface area contributed by atoms with Gasteiger partial charge in [0.25, 0.3) is 0 Å². The van der Waals surface area contributed by atoms with Crippen LogP contribution in [-0.4, -0.2) is 16.1 Å². The quantitative estimate of drug-likeness (QED) is 0.846. The molecule has 0 aliphatic carbocycles. The number of hydrogen-bond acceptors (Lipinski definition) is 4. The first-order valence-electron chi connectivity index (χ1n) is 6.08. The molecule has 1 aromatic heterocycles. The lowest BCUT2D eigenvalue weighted by atomic mass is 10.2. The third-order valence-corrected chi connectivity index (χ3v) is 2.69. The highest BCUT2D eigenvalue weighted by Gasteiger charge is 2.02. The van der Waals surface area contributed by atoms with Gasteiger partial charge in [-0.25, -0.2) is 9.97 Å². The number of rotatable bonds is 5. The van der Waals surface area contributed by atoms with Gasteiger partial charge in [-0.3, -0.25) is 0 Å². The highest BCUT2D eigenvalue weighted by Crippen LogP contribution is 2.18. The third-order valence-electron chi connectivity index (χ3n) is 2.38. The van der Waals surface area contributed by atoms with E-state index in [1.54, 1.807) is 6.07 Å². The maximum absolute atomic E-state index is 5.75. The van der Waals surface area contributed by atoms with E-state index in [1.165, 1.54) is 6.33 Å². The molecule has 19 heavy (non-hydrogen) atoms. The van der Waals surface area contributed by atoms with Crippen LogP contribution in [-0.2, 0) is 5.88 Å². The lowest BCUT2D eigenvalue weighted by Gasteiger charge is -2.10. The van der Waals surface area contributed by atoms with Gasteiger partial charge < -0.3 is 10.1 Å². The summed E-state index contributed by atoms with van der Waals surface area (Å²) in [5.74, 6) is 1.77. The van der Waals surface area contributed by atoms with Crippen LogP contribution in [0, 0.1) is 0 Å². The van der Waals surface area contributed by atoms with Crippen molar-refractivity contribution < 1.29 is 4.74 Å². The molecule has 0 bridgehead atoms. The number of benzene rings is 1. The minimum Gasteiger partial charge on any atom is -0.475 e. The fourth-order valence-corrected chi connectivity index (χ4v) is 1.72. The van der Waals surface area contributed by atoms with E-state index in [0.29, 0.717) is 17.6 Å². The van der Waals surface area contributed by atoms with Crippen molar-refractivity contribution in [3.63, 3.8) is 0 Å². The number of nitrogens with zero attached hydrogens (tertiary/aromatic N) is 2. The van der Waals surface area contributed by atoms with Crippen LogP contribution in [0.15, 0.2) is 36.7 Å². The summed E-state index contributed by atoms with van der Waals surface area (Å²) in [5, 5.41) is 3.19. The van der Waals surface area contributed by atoms with E-state index < -0.39 is 0 Å². The molecule has 0 saturated carbocycles. The molecule has 2 aromatic rings. The molecule has 5 heteroatoms. The fourth-order valence-electron chi connectivity index (χ4n) is 1.54. The standard InChI is InChI=1S/C14H16ClN3O/c1-10(2)19-14-7-13(16-9-17-14)18-12-5-3-11(8-15)4-6-12/h3-7,9-10H,8H2,1-2H3,(H,16,17,18). The Labute approximate surface area is 117 Å². The van der Waals surface area contributed by atoms with Crippen LogP contribution in [0.4, 0.5) is 11.5 Å². The smallest absolute Gasteiger partial charge is 0.218 e. The van der Waals surface area contributed by atoms with Crippen LogP contribution in [0.5, 0.6) is 5.88 Å². The highest BCUT2D eigenvalue weighted by atomic mass is 35.5. The first kappa shape index (κ1) is 13.6. The molecule has 0 spiro atoms. The van der Waals surface area contributed by atoms with Crippen molar-refractivity contribution >= 4 is 23.1 Å². The Hall–Kier alpha value is -1.81. The van der Waals surface area contributed by atoms with E-state index >= 15 is 0 Å². The summed E-state index contributed by atoms with van der Waals surface area (Å²) in [4.78, 5) is 8.21. The molecule has 0 aliphatic rings. The summed E-state index contributed by atoms with van der Waals surface area (Å²) in [6.07, 6.45) is 1.57. The summed E-state index contributed by atoms with van der Waals surface area (Å²) >= 11 is 5.75. The Kier molecular flexibility index (Phi) is 4.58. The molecule has 1 N–H and O–H groups in total. The molecule has 0 amide bonds. The van der Waals surface area contributed by atoms with Gasteiger partial charge in [0.15, 0.2) is 0 Å². The van der Waals surface area contributed by atoms with Crippen molar-refractivity contribution in [2.75, 3.05) is 5.32 Å². The van der Waals surface area contributed by atoms with Crippen molar-refractivity contribution in [1.82, 2.24) is 9.97 Å². The van der Waals surface area contributed by atoms with Gasteiger partial charge in [-0.2, -0.15) is 0 Å². The largest absolute Gasteiger partial charge is 0.475 e. The number of ether oxygens (including phenoxy) is 1. The molecule has 0 radical (unpaired) electrons. The van der Waals surface area contributed by atoms with E-state index in [-0.39, 0.29) is 6.10 Å². The second-order valence-corrected chi connectivity index (χ2v) is 4.63. The Balaban J connectivity index is 2.09. The number of halogens is 1. The molecule has 1 aromatic carbocycles. The Morgan fingerprint density at radius 3 is 2.58 bits per heavy atom. The van der Waals surface area contributed by atoms with E-state index in [2.05, 4.69) is 15.3 Å². The van der Waals surface area contributed by atoms with E-state index in [9.17, 15) is 0 Å². The zero-order chi connectivity index (χ0) is 13.7. The molecule has 2 rings (SSSR count). The van der Waals surface area contributed by atoms with Gasteiger partial charge in [0.05, 0.1) is 6.10 Å². The van der Waals surface area contributed by atoms with Gasteiger partial charge in [0.2, 0.25) is 5.88 Å². The second-order valence-electron chi connectivity index (χ2n) is 4.36. The van der Waals surface area contributed by atoms with E-state index in [0.717, 1.165) is 11.3 Å². The van der Waals surface area contributed by atoms with Crippen molar-refractivity contribution in [2.24, 2.45) is 0 Å². The van der Waals surface area contributed by atoms with Crippen molar-refractivity contribution in [2.45, 2.75) is 25.8 Å². The average molecular weight is 278 g/mol. The molecule has 0 atom stereocenters. The SMILES string of the molecule is CC(C)Oc1cc(Nc2ccc(CCl)cc2)ncn1. The normalized spacial score (nSPS) is 10.5. The molecule has 0 aliphatic heterocycles. The van der Waals surface area contributed by atoms with Gasteiger partial charge in [-0.05, 0) is 31.5 Å². The Morgan fingerprint density at radius 1 is 1.21 bits per heavy atom. The summed E-state index contributed by atoms with van der Waals surface area (Å²) in [5.41, 5.74) is 2.03. The average Bonchev–Trinajstić information content (AvgIpc) is 2.39. The summed E-state index contributed by atoms with van der Waals surface area (Å²) in [7, 11) is 0. The maximum atomic E-state index is 5.75. The molecule has 4 nitrogen and oxygen atoms in total. The Bertz CT molecular complexity index is 528. The lowest BCUT2D eigenvalue weighted by Crippen LogP contribution is -2.07. The first-order chi connectivity index (χ1) is 9.17. The molecular formula is C14H16ClN3O. The number of hydrogen-bond donors (Lipinski definition) is 1. The van der Waals surface area contributed by atoms with Gasteiger partial charge in [-0.15, -0.1) is 11.6 Å². The van der Waals surface area contributed by atoms with Crippen molar-refractivity contribution in [1.29, 1.82) is 0 Å².